The molecule has 2 aromatic carbocycles. The van der Waals surface area contributed by atoms with Crippen molar-refractivity contribution in [3.05, 3.63) is 58.1 Å². The van der Waals surface area contributed by atoms with E-state index in [1.165, 1.54) is 11.8 Å². The number of anilines is 1. The average Bonchev–Trinajstić information content (AvgIpc) is 3.02. The molecule has 2 aromatic rings. The standard InChI is InChI=1S/C24H28ClN3O3S/c1-15-9-10-19(16(2)13-15)27-24-28(11-6-12-31-4)23(30)21(32-24)14-22(29)26-20-8-5-7-18(25)17(20)3/h5,7-10,13,21H,6,11-12,14H2,1-4H3,(H,26,29). The number of carbonyl (C=O) groups is 2. The van der Waals surface area contributed by atoms with Crippen molar-refractivity contribution in [2.75, 3.05) is 25.6 Å². The molecule has 0 saturated carbocycles. The number of rotatable bonds is 8. The van der Waals surface area contributed by atoms with Crippen LogP contribution in [0.1, 0.15) is 29.5 Å². The van der Waals surface area contributed by atoms with Crippen molar-refractivity contribution in [3.63, 3.8) is 0 Å². The molecule has 32 heavy (non-hydrogen) atoms. The van der Waals surface area contributed by atoms with E-state index in [1.54, 1.807) is 30.2 Å². The molecular weight excluding hydrogens is 446 g/mol. The monoisotopic (exact) mass is 473 g/mol. The summed E-state index contributed by atoms with van der Waals surface area (Å²) in [6.07, 6.45) is 0.747. The second-order valence-electron chi connectivity index (χ2n) is 7.79. The Hall–Kier alpha value is -2.35. The van der Waals surface area contributed by atoms with Crippen LogP contribution in [-0.4, -0.2) is 47.4 Å². The molecule has 1 aliphatic heterocycles. The summed E-state index contributed by atoms with van der Waals surface area (Å²) in [6.45, 7) is 6.92. The van der Waals surface area contributed by atoms with Gasteiger partial charge < -0.3 is 10.1 Å². The predicted octanol–water partition coefficient (Wildman–Crippen LogP) is 5.26. The number of hydrogen-bond donors (Lipinski definition) is 1. The summed E-state index contributed by atoms with van der Waals surface area (Å²) >= 11 is 7.48. The van der Waals surface area contributed by atoms with E-state index in [0.29, 0.717) is 35.5 Å². The third-order valence-corrected chi connectivity index (χ3v) is 6.82. The van der Waals surface area contributed by atoms with Crippen molar-refractivity contribution in [1.82, 2.24) is 4.90 Å². The Morgan fingerprint density at radius 2 is 2.03 bits per heavy atom. The van der Waals surface area contributed by atoms with Gasteiger partial charge in [-0.2, -0.15) is 0 Å². The Labute approximate surface area is 198 Å². The molecule has 3 rings (SSSR count). The Balaban J connectivity index is 1.78. The number of aliphatic imine (C=N–C) groups is 1. The second kappa shape index (κ2) is 11.0. The smallest absolute Gasteiger partial charge is 0.242 e. The molecule has 6 nitrogen and oxygen atoms in total. The summed E-state index contributed by atoms with van der Waals surface area (Å²) in [4.78, 5) is 32.3. The number of carbonyl (C=O) groups excluding carboxylic acids is 2. The van der Waals surface area contributed by atoms with Gasteiger partial charge in [-0.3, -0.25) is 14.5 Å². The fraction of sp³-hybridized carbons (Fsp3) is 0.375. The molecule has 2 amide bonds. The summed E-state index contributed by atoms with van der Waals surface area (Å²) in [7, 11) is 1.64. The van der Waals surface area contributed by atoms with Crippen molar-refractivity contribution in [3.8, 4) is 0 Å². The van der Waals surface area contributed by atoms with Gasteiger partial charge in [0.2, 0.25) is 11.8 Å². The van der Waals surface area contributed by atoms with Crippen LogP contribution in [0.2, 0.25) is 5.02 Å². The van der Waals surface area contributed by atoms with Crippen LogP contribution in [0.5, 0.6) is 0 Å². The third kappa shape index (κ3) is 5.91. The second-order valence-corrected chi connectivity index (χ2v) is 9.37. The van der Waals surface area contributed by atoms with Gasteiger partial charge in [-0.25, -0.2) is 4.99 Å². The van der Waals surface area contributed by atoms with E-state index >= 15 is 0 Å². The number of halogens is 1. The summed E-state index contributed by atoms with van der Waals surface area (Å²) in [5.74, 6) is -0.335. The zero-order chi connectivity index (χ0) is 23.3. The molecule has 1 atom stereocenters. The lowest BCUT2D eigenvalue weighted by atomic mass is 10.1. The highest BCUT2D eigenvalue weighted by Crippen LogP contribution is 2.33. The molecule has 1 unspecified atom stereocenters. The van der Waals surface area contributed by atoms with Crippen molar-refractivity contribution in [2.45, 2.75) is 38.9 Å². The Kier molecular flexibility index (Phi) is 8.34. The maximum atomic E-state index is 13.1. The number of aryl methyl sites for hydroxylation is 2. The maximum absolute atomic E-state index is 13.1. The zero-order valence-electron chi connectivity index (χ0n) is 18.8. The zero-order valence-corrected chi connectivity index (χ0v) is 20.3. The van der Waals surface area contributed by atoms with Gasteiger partial charge in [0.15, 0.2) is 5.17 Å². The average molecular weight is 474 g/mol. The first kappa shape index (κ1) is 24.3. The van der Waals surface area contributed by atoms with Gasteiger partial charge >= 0.3 is 0 Å². The highest BCUT2D eigenvalue weighted by atomic mass is 35.5. The predicted molar refractivity (Wildman–Crippen MR) is 132 cm³/mol. The minimum absolute atomic E-state index is 0.0577. The van der Waals surface area contributed by atoms with Gasteiger partial charge in [0.1, 0.15) is 5.25 Å². The lowest BCUT2D eigenvalue weighted by Gasteiger charge is -2.16. The van der Waals surface area contributed by atoms with Gasteiger partial charge in [0.05, 0.1) is 5.69 Å². The number of nitrogens with zero attached hydrogens (tertiary/aromatic N) is 2. The third-order valence-electron chi connectivity index (χ3n) is 5.23. The SMILES string of the molecule is COCCCN1C(=O)C(CC(=O)Nc2cccc(Cl)c2C)SC1=Nc1ccc(C)cc1C. The summed E-state index contributed by atoms with van der Waals surface area (Å²) < 4.78 is 5.14. The largest absolute Gasteiger partial charge is 0.385 e. The number of amidine groups is 1. The van der Waals surface area contributed by atoms with E-state index in [9.17, 15) is 9.59 Å². The molecule has 0 radical (unpaired) electrons. The molecule has 0 aromatic heterocycles. The lowest BCUT2D eigenvalue weighted by molar-refractivity contribution is -0.128. The number of methoxy groups -OCH3 is 1. The number of hydrogen-bond acceptors (Lipinski definition) is 5. The highest BCUT2D eigenvalue weighted by Gasteiger charge is 2.39. The normalized spacial score (nSPS) is 17.3. The number of nitrogens with one attached hydrogen (secondary N) is 1. The number of thioether (sulfide) groups is 1. The first-order valence-electron chi connectivity index (χ1n) is 10.5. The summed E-state index contributed by atoms with van der Waals surface area (Å²) in [6, 6.07) is 11.4. The molecular formula is C24H28ClN3O3S. The van der Waals surface area contributed by atoms with Crippen molar-refractivity contribution >= 4 is 51.7 Å². The first-order valence-corrected chi connectivity index (χ1v) is 11.7. The fourth-order valence-electron chi connectivity index (χ4n) is 3.44. The van der Waals surface area contributed by atoms with Crippen LogP contribution >= 0.6 is 23.4 Å². The Morgan fingerprint density at radius 1 is 1.25 bits per heavy atom. The van der Waals surface area contributed by atoms with Crippen molar-refractivity contribution in [1.29, 1.82) is 0 Å². The van der Waals surface area contributed by atoms with Gasteiger partial charge in [0.25, 0.3) is 0 Å². The van der Waals surface area contributed by atoms with Crippen LogP contribution in [0.15, 0.2) is 41.4 Å². The van der Waals surface area contributed by atoms with E-state index in [1.807, 2.05) is 32.9 Å². The molecule has 170 valence electrons. The van der Waals surface area contributed by atoms with Crippen LogP contribution in [0.3, 0.4) is 0 Å². The van der Waals surface area contributed by atoms with Crippen molar-refractivity contribution in [2.24, 2.45) is 4.99 Å². The minimum atomic E-state index is -0.526. The highest BCUT2D eigenvalue weighted by molar-refractivity contribution is 8.15. The number of ether oxygens (including phenoxy) is 1. The van der Waals surface area contributed by atoms with Crippen LogP contribution in [0, 0.1) is 20.8 Å². The molecule has 0 bridgehead atoms. The molecule has 0 spiro atoms. The van der Waals surface area contributed by atoms with Crippen molar-refractivity contribution < 1.29 is 14.3 Å². The topological polar surface area (TPSA) is 71.0 Å². The molecule has 1 fully saturated rings. The summed E-state index contributed by atoms with van der Waals surface area (Å²) in [5, 5.41) is 3.56. The van der Waals surface area contributed by atoms with Crippen LogP contribution < -0.4 is 5.32 Å². The molecule has 1 saturated heterocycles. The number of amides is 2. The first-order chi connectivity index (χ1) is 15.3. The van der Waals surface area contributed by atoms with Gasteiger partial charge in [-0.05, 0) is 56.5 Å². The lowest BCUT2D eigenvalue weighted by Crippen LogP contribution is -2.34. The van der Waals surface area contributed by atoms with E-state index in [2.05, 4.69) is 11.4 Å². The van der Waals surface area contributed by atoms with Gasteiger partial charge in [-0.15, -0.1) is 0 Å². The number of benzene rings is 2. The Morgan fingerprint density at radius 3 is 2.75 bits per heavy atom. The Bertz CT molecular complexity index is 1040. The van der Waals surface area contributed by atoms with Crippen LogP contribution in [0.25, 0.3) is 0 Å². The van der Waals surface area contributed by atoms with E-state index < -0.39 is 5.25 Å². The molecule has 0 aliphatic carbocycles. The van der Waals surface area contributed by atoms with E-state index in [-0.39, 0.29) is 18.2 Å². The molecule has 1 heterocycles. The molecule has 8 heteroatoms. The minimum Gasteiger partial charge on any atom is -0.385 e. The summed E-state index contributed by atoms with van der Waals surface area (Å²) in [5.41, 5.74) is 4.47. The fourth-order valence-corrected chi connectivity index (χ4v) is 4.80. The van der Waals surface area contributed by atoms with Gasteiger partial charge in [0, 0.05) is 37.4 Å². The molecule has 1 N–H and O–H groups in total. The van der Waals surface area contributed by atoms with Crippen LogP contribution in [-0.2, 0) is 14.3 Å². The molecule has 1 aliphatic rings. The quantitative estimate of drug-likeness (QED) is 0.530. The van der Waals surface area contributed by atoms with E-state index in [0.717, 1.165) is 22.4 Å². The maximum Gasteiger partial charge on any atom is 0.242 e. The van der Waals surface area contributed by atoms with E-state index in [4.69, 9.17) is 21.3 Å². The van der Waals surface area contributed by atoms with Crippen LogP contribution in [0.4, 0.5) is 11.4 Å². The van der Waals surface area contributed by atoms with Gasteiger partial charge in [-0.1, -0.05) is 47.1 Å².